The van der Waals surface area contributed by atoms with Crippen LogP contribution < -0.4 is 5.32 Å². The van der Waals surface area contributed by atoms with E-state index in [1.807, 2.05) is 11.3 Å². The summed E-state index contributed by atoms with van der Waals surface area (Å²) < 4.78 is 5.55. The number of thiophene rings is 1. The Balaban J connectivity index is 1.63. The summed E-state index contributed by atoms with van der Waals surface area (Å²) in [5.74, 6) is 0. The van der Waals surface area contributed by atoms with Gasteiger partial charge in [0.05, 0.1) is 0 Å². The highest BCUT2D eigenvalue weighted by Crippen LogP contribution is 2.27. The second-order valence-electron chi connectivity index (χ2n) is 5.13. The maximum atomic E-state index is 5.55. The van der Waals surface area contributed by atoms with E-state index in [4.69, 9.17) is 4.74 Å². The maximum Gasteiger partial charge on any atom is 0.0478 e. The Morgan fingerprint density at radius 2 is 1.81 bits per heavy atom. The molecule has 0 fully saturated rings. The second kappa shape index (κ2) is 9.72. The quantitative estimate of drug-likeness (QED) is 0.642. The maximum absolute atomic E-state index is 5.55. The molecule has 1 N–H and O–H groups in total. The summed E-state index contributed by atoms with van der Waals surface area (Å²) in [6, 6.07) is 15.0. The fourth-order valence-electron chi connectivity index (χ4n) is 2.09. The van der Waals surface area contributed by atoms with E-state index in [2.05, 4.69) is 54.7 Å². The van der Waals surface area contributed by atoms with Gasteiger partial charge in [0.25, 0.3) is 0 Å². The number of unbranched alkanes of at least 4 members (excludes halogenated alkanes) is 1. The van der Waals surface area contributed by atoms with Crippen molar-refractivity contribution in [3.63, 3.8) is 0 Å². The van der Waals surface area contributed by atoms with Crippen molar-refractivity contribution in [1.29, 1.82) is 0 Å². The molecule has 0 atom stereocenters. The molecule has 0 saturated heterocycles. The van der Waals surface area contributed by atoms with E-state index < -0.39 is 0 Å². The fraction of sp³-hybridized carbons (Fsp3) is 0.444. The van der Waals surface area contributed by atoms with Crippen molar-refractivity contribution in [3.8, 4) is 10.4 Å². The molecule has 0 amide bonds. The molecule has 0 unspecified atom stereocenters. The third-order valence-corrected chi connectivity index (χ3v) is 4.44. The van der Waals surface area contributed by atoms with Gasteiger partial charge in [-0.15, -0.1) is 11.3 Å². The van der Waals surface area contributed by atoms with Crippen LogP contribution in [0.1, 0.15) is 31.1 Å². The zero-order valence-electron chi connectivity index (χ0n) is 12.8. The first-order chi connectivity index (χ1) is 10.4. The standard InChI is InChI=1S/C18H25NOS/c1-2-3-13-20-14-7-12-19-15-17-10-11-18(21-17)16-8-5-4-6-9-16/h4-6,8-11,19H,2-3,7,12-15H2,1H3. The predicted octanol–water partition coefficient (Wildman–Crippen LogP) is 4.71. The van der Waals surface area contributed by atoms with E-state index in [-0.39, 0.29) is 0 Å². The van der Waals surface area contributed by atoms with Gasteiger partial charge >= 0.3 is 0 Å². The minimum absolute atomic E-state index is 0.868. The molecule has 1 aromatic carbocycles. The lowest BCUT2D eigenvalue weighted by molar-refractivity contribution is 0.129. The Hall–Kier alpha value is -1.16. The van der Waals surface area contributed by atoms with Gasteiger partial charge in [-0.1, -0.05) is 43.7 Å². The number of benzene rings is 1. The molecule has 2 rings (SSSR count). The topological polar surface area (TPSA) is 21.3 Å². The van der Waals surface area contributed by atoms with Crippen molar-refractivity contribution in [2.24, 2.45) is 0 Å². The van der Waals surface area contributed by atoms with Gasteiger partial charge in [0.1, 0.15) is 0 Å². The monoisotopic (exact) mass is 303 g/mol. The lowest BCUT2D eigenvalue weighted by atomic mass is 10.2. The van der Waals surface area contributed by atoms with E-state index in [9.17, 15) is 0 Å². The van der Waals surface area contributed by atoms with E-state index in [1.54, 1.807) is 0 Å². The third-order valence-electron chi connectivity index (χ3n) is 3.30. The molecule has 0 radical (unpaired) electrons. The predicted molar refractivity (Wildman–Crippen MR) is 91.8 cm³/mol. The van der Waals surface area contributed by atoms with Crippen LogP contribution in [-0.2, 0) is 11.3 Å². The van der Waals surface area contributed by atoms with Crippen molar-refractivity contribution in [2.45, 2.75) is 32.7 Å². The Morgan fingerprint density at radius 3 is 2.62 bits per heavy atom. The smallest absolute Gasteiger partial charge is 0.0478 e. The molecule has 1 heterocycles. The summed E-state index contributed by atoms with van der Waals surface area (Å²) in [6.07, 6.45) is 3.46. The normalized spacial score (nSPS) is 10.9. The van der Waals surface area contributed by atoms with Crippen molar-refractivity contribution in [1.82, 2.24) is 5.32 Å². The number of hydrogen-bond donors (Lipinski definition) is 1. The molecular weight excluding hydrogens is 278 g/mol. The van der Waals surface area contributed by atoms with Crippen LogP contribution in [-0.4, -0.2) is 19.8 Å². The van der Waals surface area contributed by atoms with E-state index >= 15 is 0 Å². The largest absolute Gasteiger partial charge is 0.381 e. The Labute approximate surface area is 132 Å². The SMILES string of the molecule is CCCCOCCCNCc1ccc(-c2ccccc2)s1. The van der Waals surface area contributed by atoms with Gasteiger partial charge in [-0.25, -0.2) is 0 Å². The summed E-state index contributed by atoms with van der Waals surface area (Å²) in [7, 11) is 0. The molecule has 0 saturated carbocycles. The highest BCUT2D eigenvalue weighted by molar-refractivity contribution is 7.15. The lowest BCUT2D eigenvalue weighted by Crippen LogP contribution is -2.15. The highest BCUT2D eigenvalue weighted by atomic mass is 32.1. The third kappa shape index (κ3) is 6.00. The first-order valence-corrected chi connectivity index (χ1v) is 8.64. The van der Waals surface area contributed by atoms with Crippen LogP contribution in [0.4, 0.5) is 0 Å². The summed E-state index contributed by atoms with van der Waals surface area (Å²) in [5.41, 5.74) is 1.30. The number of rotatable bonds is 10. The van der Waals surface area contributed by atoms with Gasteiger partial charge in [0.15, 0.2) is 0 Å². The van der Waals surface area contributed by atoms with Gasteiger partial charge < -0.3 is 10.1 Å². The van der Waals surface area contributed by atoms with Gasteiger partial charge in [0.2, 0.25) is 0 Å². The van der Waals surface area contributed by atoms with Crippen LogP contribution in [0.2, 0.25) is 0 Å². The van der Waals surface area contributed by atoms with Crippen LogP contribution in [0.25, 0.3) is 10.4 Å². The summed E-state index contributed by atoms with van der Waals surface area (Å²) in [5, 5.41) is 3.49. The Morgan fingerprint density at radius 1 is 1.00 bits per heavy atom. The number of hydrogen-bond acceptors (Lipinski definition) is 3. The van der Waals surface area contributed by atoms with Crippen molar-refractivity contribution < 1.29 is 4.74 Å². The number of nitrogens with one attached hydrogen (secondary N) is 1. The van der Waals surface area contributed by atoms with Crippen molar-refractivity contribution in [2.75, 3.05) is 19.8 Å². The van der Waals surface area contributed by atoms with Crippen molar-refractivity contribution >= 4 is 11.3 Å². The molecule has 2 aromatic rings. The van der Waals surface area contributed by atoms with E-state index in [0.29, 0.717) is 0 Å². The molecule has 2 nitrogen and oxygen atoms in total. The molecule has 3 heteroatoms. The number of ether oxygens (including phenoxy) is 1. The zero-order chi connectivity index (χ0) is 14.8. The minimum Gasteiger partial charge on any atom is -0.381 e. The summed E-state index contributed by atoms with van der Waals surface area (Å²) in [4.78, 5) is 2.73. The Kier molecular flexibility index (Phi) is 7.50. The van der Waals surface area contributed by atoms with Gasteiger partial charge in [-0.05, 0) is 37.1 Å². The molecule has 0 spiro atoms. The molecule has 0 aliphatic heterocycles. The zero-order valence-corrected chi connectivity index (χ0v) is 13.6. The van der Waals surface area contributed by atoms with Crippen LogP contribution >= 0.6 is 11.3 Å². The van der Waals surface area contributed by atoms with Crippen LogP contribution in [0.15, 0.2) is 42.5 Å². The van der Waals surface area contributed by atoms with Gasteiger partial charge in [0, 0.05) is 29.5 Å². The first-order valence-electron chi connectivity index (χ1n) is 7.82. The molecule has 0 bridgehead atoms. The van der Waals surface area contributed by atoms with Crippen LogP contribution in [0, 0.1) is 0 Å². The van der Waals surface area contributed by atoms with Gasteiger partial charge in [-0.3, -0.25) is 0 Å². The average molecular weight is 303 g/mol. The van der Waals surface area contributed by atoms with E-state index in [0.717, 1.165) is 32.7 Å². The van der Waals surface area contributed by atoms with Gasteiger partial charge in [-0.2, -0.15) is 0 Å². The summed E-state index contributed by atoms with van der Waals surface area (Å²) >= 11 is 1.87. The average Bonchev–Trinajstić information content (AvgIpc) is 3.00. The van der Waals surface area contributed by atoms with Crippen LogP contribution in [0.3, 0.4) is 0 Å². The van der Waals surface area contributed by atoms with Crippen LogP contribution in [0.5, 0.6) is 0 Å². The highest BCUT2D eigenvalue weighted by Gasteiger charge is 2.01. The Bertz CT molecular complexity index is 495. The summed E-state index contributed by atoms with van der Waals surface area (Å²) in [6.45, 7) is 5.93. The molecule has 21 heavy (non-hydrogen) atoms. The lowest BCUT2D eigenvalue weighted by Gasteiger charge is -2.04. The molecule has 0 aliphatic carbocycles. The molecule has 1 aromatic heterocycles. The molecular formula is C18H25NOS. The molecule has 114 valence electrons. The second-order valence-corrected chi connectivity index (χ2v) is 6.30. The molecule has 0 aliphatic rings. The fourth-order valence-corrected chi connectivity index (χ4v) is 3.07. The minimum atomic E-state index is 0.868. The first kappa shape index (κ1) is 16.2. The van der Waals surface area contributed by atoms with E-state index in [1.165, 1.54) is 28.2 Å². The van der Waals surface area contributed by atoms with Crippen molar-refractivity contribution in [3.05, 3.63) is 47.3 Å².